The van der Waals surface area contributed by atoms with Crippen molar-refractivity contribution in [2.24, 2.45) is 0 Å². The van der Waals surface area contributed by atoms with Crippen LogP contribution in [-0.2, 0) is 4.79 Å². The van der Waals surface area contributed by atoms with Crippen LogP contribution >= 0.6 is 11.3 Å². The van der Waals surface area contributed by atoms with Crippen molar-refractivity contribution in [3.63, 3.8) is 0 Å². The van der Waals surface area contributed by atoms with Crippen molar-refractivity contribution in [2.45, 2.75) is 19.3 Å². The molecule has 0 atom stereocenters. The van der Waals surface area contributed by atoms with Crippen molar-refractivity contribution in [3.8, 4) is 17.2 Å². The molecule has 0 saturated heterocycles. The highest BCUT2D eigenvalue weighted by molar-refractivity contribution is 7.10. The molecule has 26 heavy (non-hydrogen) atoms. The third kappa shape index (κ3) is 3.83. The zero-order valence-corrected chi connectivity index (χ0v) is 16.0. The predicted molar refractivity (Wildman–Crippen MR) is 105 cm³/mol. The average molecular weight is 370 g/mol. The maximum Gasteiger partial charge on any atom is 0.203 e. The van der Waals surface area contributed by atoms with Crippen molar-refractivity contribution in [1.29, 1.82) is 0 Å². The van der Waals surface area contributed by atoms with Gasteiger partial charge in [-0.2, -0.15) is 0 Å². The number of carbonyl (C=O) groups excluding carboxylic acids is 1. The number of ether oxygens (including phenoxy) is 3. The lowest BCUT2D eigenvalue weighted by molar-refractivity contribution is -0.112. The molecule has 0 spiro atoms. The first-order chi connectivity index (χ1) is 12.7. The molecule has 5 heteroatoms. The Balaban J connectivity index is 1.95. The van der Waals surface area contributed by atoms with Gasteiger partial charge in [0, 0.05) is 16.0 Å². The van der Waals surface area contributed by atoms with Crippen molar-refractivity contribution >= 4 is 29.3 Å². The fourth-order valence-corrected chi connectivity index (χ4v) is 3.79. The minimum atomic E-state index is 0.124. The van der Waals surface area contributed by atoms with Crippen molar-refractivity contribution in [1.82, 2.24) is 0 Å². The van der Waals surface area contributed by atoms with Gasteiger partial charge < -0.3 is 14.2 Å². The first kappa shape index (κ1) is 18.3. The quantitative estimate of drug-likeness (QED) is 0.695. The molecule has 1 aromatic carbocycles. The van der Waals surface area contributed by atoms with Crippen LogP contribution < -0.4 is 14.2 Å². The van der Waals surface area contributed by atoms with Gasteiger partial charge in [-0.3, -0.25) is 4.79 Å². The average Bonchev–Trinajstić information content (AvgIpc) is 3.17. The van der Waals surface area contributed by atoms with Crippen LogP contribution in [0.15, 0.2) is 40.8 Å². The molecule has 1 aliphatic carbocycles. The van der Waals surface area contributed by atoms with E-state index < -0.39 is 0 Å². The Labute approximate surface area is 157 Å². The molecular weight excluding hydrogens is 348 g/mol. The van der Waals surface area contributed by atoms with E-state index in [1.54, 1.807) is 32.7 Å². The topological polar surface area (TPSA) is 44.8 Å². The number of hydrogen-bond acceptors (Lipinski definition) is 5. The number of carbonyl (C=O) groups is 1. The highest BCUT2D eigenvalue weighted by Gasteiger charge is 2.21. The van der Waals surface area contributed by atoms with Crippen LogP contribution in [0.2, 0.25) is 0 Å². The summed E-state index contributed by atoms with van der Waals surface area (Å²) in [6.45, 7) is 0. The predicted octanol–water partition coefficient (Wildman–Crippen LogP) is 4.99. The second-order valence-electron chi connectivity index (χ2n) is 6.00. The summed E-state index contributed by atoms with van der Waals surface area (Å²) in [5.74, 6) is 1.83. The number of thiophene rings is 1. The Bertz CT molecular complexity index is 822. The molecule has 0 N–H and O–H groups in total. The molecule has 1 saturated carbocycles. The van der Waals surface area contributed by atoms with Crippen LogP contribution in [0.1, 0.15) is 29.7 Å². The van der Waals surface area contributed by atoms with Crippen LogP contribution in [0.5, 0.6) is 17.2 Å². The van der Waals surface area contributed by atoms with Gasteiger partial charge in [-0.1, -0.05) is 6.07 Å². The monoisotopic (exact) mass is 370 g/mol. The minimum absolute atomic E-state index is 0.124. The van der Waals surface area contributed by atoms with E-state index in [4.69, 9.17) is 14.2 Å². The smallest absolute Gasteiger partial charge is 0.203 e. The van der Waals surface area contributed by atoms with Gasteiger partial charge in [0.1, 0.15) is 0 Å². The van der Waals surface area contributed by atoms with Gasteiger partial charge in [-0.25, -0.2) is 0 Å². The second kappa shape index (κ2) is 8.23. The molecule has 1 fully saturated rings. The molecule has 0 amide bonds. The van der Waals surface area contributed by atoms with Gasteiger partial charge in [-0.15, -0.1) is 11.3 Å². The minimum Gasteiger partial charge on any atom is -0.493 e. The lowest BCUT2D eigenvalue weighted by Gasteiger charge is -2.17. The summed E-state index contributed by atoms with van der Waals surface area (Å²) >= 11 is 1.64. The summed E-state index contributed by atoms with van der Waals surface area (Å²) < 4.78 is 16.1. The van der Waals surface area contributed by atoms with Crippen molar-refractivity contribution < 1.29 is 19.0 Å². The molecule has 1 aromatic heterocycles. The maximum absolute atomic E-state index is 12.9. The zero-order chi connectivity index (χ0) is 18.5. The first-order valence-corrected chi connectivity index (χ1v) is 9.33. The normalized spacial score (nSPS) is 17.6. The summed E-state index contributed by atoms with van der Waals surface area (Å²) in [4.78, 5) is 14.0. The molecular formula is C21H22O4S. The molecule has 1 heterocycles. The lowest BCUT2D eigenvalue weighted by Crippen LogP contribution is -2.12. The Morgan fingerprint density at radius 2 is 1.62 bits per heavy atom. The molecule has 0 radical (unpaired) electrons. The molecule has 0 aliphatic heterocycles. The van der Waals surface area contributed by atoms with E-state index >= 15 is 0 Å². The number of ketones is 1. The number of methoxy groups -OCH3 is 3. The van der Waals surface area contributed by atoms with Crippen LogP contribution in [0, 0.1) is 0 Å². The number of benzene rings is 1. The molecule has 0 bridgehead atoms. The van der Waals surface area contributed by atoms with Crippen LogP contribution in [0.25, 0.3) is 12.2 Å². The van der Waals surface area contributed by atoms with Crippen molar-refractivity contribution in [2.75, 3.05) is 21.3 Å². The van der Waals surface area contributed by atoms with Crippen LogP contribution in [0.4, 0.5) is 0 Å². The van der Waals surface area contributed by atoms with Gasteiger partial charge in [0.05, 0.1) is 21.3 Å². The van der Waals surface area contributed by atoms with Crippen LogP contribution in [-0.4, -0.2) is 27.1 Å². The number of allylic oxidation sites excluding steroid dienone is 2. The van der Waals surface area contributed by atoms with E-state index in [-0.39, 0.29) is 5.78 Å². The van der Waals surface area contributed by atoms with Gasteiger partial charge in [0.2, 0.25) is 5.75 Å². The zero-order valence-electron chi connectivity index (χ0n) is 15.2. The van der Waals surface area contributed by atoms with E-state index in [1.165, 1.54) is 0 Å². The number of Topliss-reactive ketones (excluding diaryl/α,β-unsaturated/α-hetero) is 1. The number of rotatable bonds is 5. The third-order valence-corrected chi connectivity index (χ3v) is 5.18. The Morgan fingerprint density at radius 3 is 2.15 bits per heavy atom. The summed E-state index contributed by atoms with van der Waals surface area (Å²) in [5.41, 5.74) is 2.55. The second-order valence-corrected chi connectivity index (χ2v) is 6.98. The Kier molecular flexibility index (Phi) is 5.78. The van der Waals surface area contributed by atoms with Crippen molar-refractivity contribution in [3.05, 3.63) is 51.2 Å². The third-order valence-electron chi connectivity index (χ3n) is 4.36. The summed E-state index contributed by atoms with van der Waals surface area (Å²) in [6, 6.07) is 7.75. The maximum atomic E-state index is 12.9. The van der Waals surface area contributed by atoms with E-state index in [2.05, 4.69) is 0 Å². The van der Waals surface area contributed by atoms with E-state index in [1.807, 2.05) is 41.8 Å². The summed E-state index contributed by atoms with van der Waals surface area (Å²) in [6.07, 6.45) is 6.50. The highest BCUT2D eigenvalue weighted by Crippen LogP contribution is 2.39. The molecule has 4 nitrogen and oxygen atoms in total. The summed E-state index contributed by atoms with van der Waals surface area (Å²) in [7, 11) is 4.74. The van der Waals surface area contributed by atoms with Gasteiger partial charge >= 0.3 is 0 Å². The van der Waals surface area contributed by atoms with Gasteiger partial charge in [0.25, 0.3) is 0 Å². The molecule has 0 unspecified atom stereocenters. The fourth-order valence-electron chi connectivity index (χ4n) is 3.11. The van der Waals surface area contributed by atoms with E-state index in [0.717, 1.165) is 40.8 Å². The Hall–Kier alpha value is -2.53. The summed E-state index contributed by atoms with van der Waals surface area (Å²) in [5, 5.41) is 2.02. The Morgan fingerprint density at radius 1 is 0.962 bits per heavy atom. The largest absolute Gasteiger partial charge is 0.493 e. The molecule has 1 aliphatic rings. The van der Waals surface area contributed by atoms with Gasteiger partial charge in [0.15, 0.2) is 17.3 Å². The lowest BCUT2D eigenvalue weighted by atomic mass is 9.87. The standard InChI is InChI=1S/C21H22O4S/c1-23-18-11-14(12-19(24-2)21(18)25-3)10-15-6-4-7-16(20(15)22)13-17-8-5-9-26-17/h5,8-13H,4,6-7H2,1-3H3/b15-10+,16-13-. The molecule has 3 rings (SSSR count). The highest BCUT2D eigenvalue weighted by atomic mass is 32.1. The fraction of sp³-hybridized carbons (Fsp3) is 0.286. The van der Waals surface area contributed by atoms with E-state index in [9.17, 15) is 4.79 Å². The first-order valence-electron chi connectivity index (χ1n) is 8.45. The SMILES string of the molecule is COc1cc(/C=C2\CCC/C(=C/c3cccs3)C2=O)cc(OC)c1OC. The molecule has 2 aromatic rings. The molecule has 136 valence electrons. The number of hydrogen-bond donors (Lipinski definition) is 0. The van der Waals surface area contributed by atoms with E-state index in [0.29, 0.717) is 17.2 Å². The van der Waals surface area contributed by atoms with Gasteiger partial charge in [-0.05, 0) is 60.6 Å². The van der Waals surface area contributed by atoms with Crippen LogP contribution in [0.3, 0.4) is 0 Å².